The van der Waals surface area contributed by atoms with E-state index in [1.54, 1.807) is 35.9 Å². The number of aryl methyl sites for hydroxylation is 2. The summed E-state index contributed by atoms with van der Waals surface area (Å²) in [5, 5.41) is 1.78. The predicted molar refractivity (Wildman–Crippen MR) is 82.1 cm³/mol. The van der Waals surface area contributed by atoms with Crippen molar-refractivity contribution in [3.8, 4) is 5.13 Å². The van der Waals surface area contributed by atoms with E-state index in [9.17, 15) is 4.79 Å². The first-order valence-electron chi connectivity index (χ1n) is 6.24. The van der Waals surface area contributed by atoms with Gasteiger partial charge in [-0.25, -0.2) is 14.5 Å². The first-order chi connectivity index (χ1) is 9.60. The molecule has 1 aromatic carbocycles. The van der Waals surface area contributed by atoms with Crippen molar-refractivity contribution in [3.05, 3.63) is 50.5 Å². The molecule has 2 heterocycles. The van der Waals surface area contributed by atoms with Gasteiger partial charge in [0.15, 0.2) is 5.13 Å². The SMILES string of the molecule is CCc1cnc(-n2c(C)nc3cc(Cl)ccc3c2=O)s1. The average Bonchev–Trinajstić information content (AvgIpc) is 2.86. The van der Waals surface area contributed by atoms with E-state index in [1.807, 2.05) is 0 Å². The second-order valence-corrected chi connectivity index (χ2v) is 5.95. The van der Waals surface area contributed by atoms with Crippen LogP contribution in [-0.4, -0.2) is 14.5 Å². The van der Waals surface area contributed by atoms with Gasteiger partial charge in [0.05, 0.1) is 10.9 Å². The Kier molecular flexibility index (Phi) is 3.31. The summed E-state index contributed by atoms with van der Waals surface area (Å²) in [5.41, 5.74) is 0.504. The van der Waals surface area contributed by atoms with Crippen LogP contribution in [0.3, 0.4) is 0 Å². The number of thiazole rings is 1. The fourth-order valence-corrected chi connectivity index (χ4v) is 3.12. The monoisotopic (exact) mass is 305 g/mol. The Bertz CT molecular complexity index is 853. The standard InChI is InChI=1S/C14H12ClN3OS/c1-3-10-7-16-14(20-10)18-8(2)17-12-6-9(15)4-5-11(12)13(18)19/h4-7H,3H2,1-2H3. The molecule has 6 heteroatoms. The van der Waals surface area contributed by atoms with E-state index in [4.69, 9.17) is 11.6 Å². The molecule has 0 saturated carbocycles. The fourth-order valence-electron chi connectivity index (χ4n) is 2.06. The van der Waals surface area contributed by atoms with Crippen LogP contribution in [0.5, 0.6) is 0 Å². The van der Waals surface area contributed by atoms with Crippen LogP contribution >= 0.6 is 22.9 Å². The molecule has 0 saturated heterocycles. The fraction of sp³-hybridized carbons (Fsp3) is 0.214. The molecule has 102 valence electrons. The molecular formula is C14H12ClN3OS. The Labute approximate surface area is 124 Å². The van der Waals surface area contributed by atoms with Gasteiger partial charge in [0.1, 0.15) is 5.82 Å². The minimum Gasteiger partial charge on any atom is -0.268 e. The molecule has 0 N–H and O–H groups in total. The van der Waals surface area contributed by atoms with E-state index in [1.165, 1.54) is 11.3 Å². The van der Waals surface area contributed by atoms with Gasteiger partial charge in [-0.1, -0.05) is 18.5 Å². The van der Waals surface area contributed by atoms with Crippen LogP contribution < -0.4 is 5.56 Å². The Morgan fingerprint density at radius 3 is 2.90 bits per heavy atom. The smallest absolute Gasteiger partial charge is 0.267 e. The van der Waals surface area contributed by atoms with Gasteiger partial charge in [-0.3, -0.25) is 4.79 Å². The van der Waals surface area contributed by atoms with Gasteiger partial charge in [-0.2, -0.15) is 0 Å². The number of halogens is 1. The minimum absolute atomic E-state index is 0.110. The van der Waals surface area contributed by atoms with E-state index >= 15 is 0 Å². The van der Waals surface area contributed by atoms with Gasteiger partial charge in [0.2, 0.25) is 0 Å². The van der Waals surface area contributed by atoms with Crippen LogP contribution in [-0.2, 0) is 6.42 Å². The zero-order valence-corrected chi connectivity index (χ0v) is 12.6. The summed E-state index contributed by atoms with van der Waals surface area (Å²) < 4.78 is 1.56. The molecule has 2 aromatic heterocycles. The van der Waals surface area contributed by atoms with Crippen molar-refractivity contribution >= 4 is 33.8 Å². The second kappa shape index (κ2) is 5.00. The number of fused-ring (bicyclic) bond motifs is 1. The minimum atomic E-state index is -0.110. The molecule has 0 aliphatic heterocycles. The van der Waals surface area contributed by atoms with Crippen LogP contribution in [0.25, 0.3) is 16.0 Å². The van der Waals surface area contributed by atoms with E-state index in [0.29, 0.717) is 26.9 Å². The van der Waals surface area contributed by atoms with Gasteiger partial charge in [-0.05, 0) is 31.5 Å². The van der Waals surface area contributed by atoms with Crippen molar-refractivity contribution in [1.82, 2.24) is 14.5 Å². The Morgan fingerprint density at radius 1 is 1.40 bits per heavy atom. The molecule has 3 aromatic rings. The Morgan fingerprint density at radius 2 is 2.20 bits per heavy atom. The molecule has 3 rings (SSSR count). The molecule has 0 aliphatic rings. The van der Waals surface area contributed by atoms with Crippen molar-refractivity contribution < 1.29 is 0 Å². The number of benzene rings is 1. The Hall–Kier alpha value is -1.72. The van der Waals surface area contributed by atoms with Crippen LogP contribution in [0.1, 0.15) is 17.6 Å². The van der Waals surface area contributed by atoms with Gasteiger partial charge < -0.3 is 0 Å². The van der Waals surface area contributed by atoms with Gasteiger partial charge >= 0.3 is 0 Å². The van der Waals surface area contributed by atoms with Crippen molar-refractivity contribution in [2.75, 3.05) is 0 Å². The molecule has 4 nitrogen and oxygen atoms in total. The number of hydrogen-bond acceptors (Lipinski definition) is 4. The molecule has 0 spiro atoms. The number of hydrogen-bond donors (Lipinski definition) is 0. The summed E-state index contributed by atoms with van der Waals surface area (Å²) in [5.74, 6) is 0.613. The van der Waals surface area contributed by atoms with Crippen LogP contribution in [0.4, 0.5) is 0 Å². The van der Waals surface area contributed by atoms with Crippen LogP contribution in [0, 0.1) is 6.92 Å². The maximum absolute atomic E-state index is 12.6. The molecule has 0 aliphatic carbocycles. The third kappa shape index (κ3) is 2.13. The highest BCUT2D eigenvalue weighted by Crippen LogP contribution is 2.20. The predicted octanol–water partition coefficient (Wildman–Crippen LogP) is 3.37. The van der Waals surface area contributed by atoms with E-state index in [0.717, 1.165) is 11.3 Å². The molecule has 0 fully saturated rings. The summed E-state index contributed by atoms with van der Waals surface area (Å²) in [7, 11) is 0. The summed E-state index contributed by atoms with van der Waals surface area (Å²) in [4.78, 5) is 22.5. The quantitative estimate of drug-likeness (QED) is 0.729. The topological polar surface area (TPSA) is 47.8 Å². The second-order valence-electron chi connectivity index (χ2n) is 4.42. The van der Waals surface area contributed by atoms with Crippen LogP contribution in [0.15, 0.2) is 29.2 Å². The maximum atomic E-state index is 12.6. The van der Waals surface area contributed by atoms with E-state index in [-0.39, 0.29) is 5.56 Å². The van der Waals surface area contributed by atoms with E-state index < -0.39 is 0 Å². The number of aromatic nitrogens is 3. The third-order valence-corrected chi connectivity index (χ3v) is 4.44. The van der Waals surface area contributed by atoms with Crippen molar-refractivity contribution in [2.24, 2.45) is 0 Å². The van der Waals surface area contributed by atoms with Gasteiger partial charge in [0.25, 0.3) is 5.56 Å². The lowest BCUT2D eigenvalue weighted by Gasteiger charge is -2.07. The lowest BCUT2D eigenvalue weighted by Crippen LogP contribution is -2.22. The molecule has 0 bridgehead atoms. The summed E-state index contributed by atoms with van der Waals surface area (Å²) in [6.45, 7) is 3.86. The molecule has 0 atom stereocenters. The normalized spacial score (nSPS) is 11.2. The summed E-state index contributed by atoms with van der Waals surface area (Å²) in [6, 6.07) is 5.11. The molecule has 0 radical (unpaired) electrons. The largest absolute Gasteiger partial charge is 0.268 e. The van der Waals surface area contributed by atoms with Gasteiger partial charge in [-0.15, -0.1) is 11.3 Å². The molecule has 20 heavy (non-hydrogen) atoms. The zero-order chi connectivity index (χ0) is 14.3. The molecule has 0 unspecified atom stereocenters. The average molecular weight is 306 g/mol. The maximum Gasteiger partial charge on any atom is 0.267 e. The van der Waals surface area contributed by atoms with Crippen molar-refractivity contribution in [1.29, 1.82) is 0 Å². The van der Waals surface area contributed by atoms with Crippen molar-refractivity contribution in [3.63, 3.8) is 0 Å². The lowest BCUT2D eigenvalue weighted by molar-refractivity contribution is 0.884. The van der Waals surface area contributed by atoms with Gasteiger partial charge in [0, 0.05) is 16.1 Å². The first-order valence-corrected chi connectivity index (χ1v) is 7.43. The Balaban J connectivity index is 2.31. The molecule has 0 amide bonds. The highest BCUT2D eigenvalue weighted by atomic mass is 35.5. The highest BCUT2D eigenvalue weighted by Gasteiger charge is 2.12. The lowest BCUT2D eigenvalue weighted by atomic mass is 10.2. The first kappa shape index (κ1) is 13.3. The number of nitrogens with zero attached hydrogens (tertiary/aromatic N) is 3. The summed E-state index contributed by atoms with van der Waals surface area (Å²) >= 11 is 7.45. The molecular weight excluding hydrogens is 294 g/mol. The van der Waals surface area contributed by atoms with Crippen LogP contribution in [0.2, 0.25) is 5.02 Å². The number of rotatable bonds is 2. The van der Waals surface area contributed by atoms with E-state index in [2.05, 4.69) is 16.9 Å². The van der Waals surface area contributed by atoms with Crippen molar-refractivity contribution in [2.45, 2.75) is 20.3 Å². The third-order valence-electron chi connectivity index (χ3n) is 3.08. The zero-order valence-electron chi connectivity index (χ0n) is 11.1. The highest BCUT2D eigenvalue weighted by molar-refractivity contribution is 7.14. The summed E-state index contributed by atoms with van der Waals surface area (Å²) in [6.07, 6.45) is 2.71.